The van der Waals surface area contributed by atoms with Crippen molar-refractivity contribution in [2.45, 2.75) is 26.3 Å². The minimum atomic E-state index is 0.166. The zero-order valence-electron chi connectivity index (χ0n) is 9.81. The van der Waals surface area contributed by atoms with E-state index in [1.807, 2.05) is 42.0 Å². The maximum absolute atomic E-state index is 11.7. The molecule has 0 fully saturated rings. The summed E-state index contributed by atoms with van der Waals surface area (Å²) in [6.07, 6.45) is 7.94. The highest BCUT2D eigenvalue weighted by Crippen LogP contribution is 1.95. The first-order valence-corrected chi connectivity index (χ1v) is 5.38. The van der Waals surface area contributed by atoms with Gasteiger partial charge in [0.2, 0.25) is 6.33 Å². The van der Waals surface area contributed by atoms with E-state index in [2.05, 4.69) is 6.92 Å². The number of likely N-dealkylation sites (N-methyl/N-ethyl adjacent to an activating group) is 1. The van der Waals surface area contributed by atoms with Crippen LogP contribution in [0, 0.1) is 0 Å². The predicted molar refractivity (Wildman–Crippen MR) is 58.2 cm³/mol. The van der Waals surface area contributed by atoms with Crippen LogP contribution in [-0.4, -0.2) is 29.0 Å². The fraction of sp³-hybridized carbons (Fsp3) is 0.636. The molecule has 1 heterocycles. The van der Waals surface area contributed by atoms with Crippen molar-refractivity contribution in [1.82, 2.24) is 9.47 Å². The third-order valence-electron chi connectivity index (χ3n) is 2.41. The van der Waals surface area contributed by atoms with Gasteiger partial charge in [-0.15, -0.1) is 0 Å². The summed E-state index contributed by atoms with van der Waals surface area (Å²) in [5.74, 6) is 0.166. The smallest absolute Gasteiger partial charge is 0.264 e. The van der Waals surface area contributed by atoms with Crippen LogP contribution in [0.15, 0.2) is 18.7 Å². The molecule has 0 N–H and O–H groups in total. The van der Waals surface area contributed by atoms with Crippen LogP contribution in [0.4, 0.5) is 0 Å². The van der Waals surface area contributed by atoms with Crippen LogP contribution in [0.1, 0.15) is 19.8 Å². The van der Waals surface area contributed by atoms with E-state index < -0.39 is 0 Å². The molecule has 1 aromatic rings. The van der Waals surface area contributed by atoms with Gasteiger partial charge in [-0.1, -0.05) is 13.3 Å². The van der Waals surface area contributed by atoms with Crippen LogP contribution in [0.2, 0.25) is 0 Å². The molecule has 0 aliphatic rings. The lowest BCUT2D eigenvalue weighted by Gasteiger charge is -2.15. The summed E-state index contributed by atoms with van der Waals surface area (Å²) >= 11 is 0. The summed E-state index contributed by atoms with van der Waals surface area (Å²) in [5, 5.41) is 0. The van der Waals surface area contributed by atoms with Crippen LogP contribution in [0.3, 0.4) is 0 Å². The average Bonchev–Trinajstić information content (AvgIpc) is 2.60. The molecule has 4 nitrogen and oxygen atoms in total. The minimum Gasteiger partial charge on any atom is -0.342 e. The molecule has 0 atom stereocenters. The van der Waals surface area contributed by atoms with Gasteiger partial charge in [-0.3, -0.25) is 4.79 Å². The number of carbonyl (C=O) groups excluding carboxylic acids is 1. The monoisotopic (exact) mass is 210 g/mol. The highest BCUT2D eigenvalue weighted by molar-refractivity contribution is 5.75. The second-order valence-electron chi connectivity index (χ2n) is 3.92. The van der Waals surface area contributed by atoms with Gasteiger partial charge in [-0.25, -0.2) is 9.13 Å². The van der Waals surface area contributed by atoms with E-state index in [9.17, 15) is 4.79 Å². The lowest BCUT2D eigenvalue weighted by atomic mass is 10.3. The Kier molecular flexibility index (Phi) is 4.34. The summed E-state index contributed by atoms with van der Waals surface area (Å²) in [5.41, 5.74) is 0. The standard InChI is InChI=1S/C11H20N3O/c1-4-5-6-13(3)11(15)9-14-8-7-12(2)10-14/h7-8,10H,4-6,9H2,1-3H3/q+1. The normalized spacial score (nSPS) is 10.3. The average molecular weight is 210 g/mol. The van der Waals surface area contributed by atoms with Gasteiger partial charge in [0.05, 0.1) is 7.05 Å². The van der Waals surface area contributed by atoms with Crippen molar-refractivity contribution in [2.75, 3.05) is 13.6 Å². The number of rotatable bonds is 5. The number of imidazole rings is 1. The van der Waals surface area contributed by atoms with Gasteiger partial charge in [-0.2, -0.15) is 0 Å². The molecule has 0 saturated heterocycles. The SMILES string of the molecule is CCCCN(C)C(=O)Cn1cc[n+](C)c1. The lowest BCUT2D eigenvalue weighted by molar-refractivity contribution is -0.671. The summed E-state index contributed by atoms with van der Waals surface area (Å²) < 4.78 is 3.82. The van der Waals surface area contributed by atoms with Gasteiger partial charge < -0.3 is 4.90 Å². The van der Waals surface area contributed by atoms with Crippen LogP contribution in [0.5, 0.6) is 0 Å². The Hall–Kier alpha value is -1.32. The van der Waals surface area contributed by atoms with Crippen LogP contribution in [-0.2, 0) is 18.4 Å². The van der Waals surface area contributed by atoms with Gasteiger partial charge in [0.1, 0.15) is 12.4 Å². The van der Waals surface area contributed by atoms with Crippen LogP contribution < -0.4 is 4.57 Å². The summed E-state index contributed by atoms with van der Waals surface area (Å²) in [7, 11) is 3.81. The molecular weight excluding hydrogens is 190 g/mol. The molecule has 0 saturated carbocycles. The van der Waals surface area contributed by atoms with E-state index in [1.54, 1.807) is 4.90 Å². The van der Waals surface area contributed by atoms with Gasteiger partial charge >= 0.3 is 0 Å². The molecule has 0 spiro atoms. The third-order valence-corrected chi connectivity index (χ3v) is 2.41. The first kappa shape index (κ1) is 11.8. The summed E-state index contributed by atoms with van der Waals surface area (Å²) in [4.78, 5) is 13.5. The number of amides is 1. The van der Waals surface area contributed by atoms with E-state index in [1.165, 1.54) is 0 Å². The van der Waals surface area contributed by atoms with Crippen molar-refractivity contribution in [1.29, 1.82) is 0 Å². The summed E-state index contributed by atoms with van der Waals surface area (Å²) in [6, 6.07) is 0. The maximum Gasteiger partial charge on any atom is 0.264 e. The van der Waals surface area contributed by atoms with Crippen LogP contribution >= 0.6 is 0 Å². The quantitative estimate of drug-likeness (QED) is 0.653. The molecule has 0 aliphatic carbocycles. The van der Waals surface area contributed by atoms with Gasteiger partial charge in [0.25, 0.3) is 5.91 Å². The zero-order chi connectivity index (χ0) is 11.3. The number of carbonyl (C=O) groups is 1. The molecule has 84 valence electrons. The number of aryl methyl sites for hydroxylation is 1. The van der Waals surface area contributed by atoms with Crippen molar-refractivity contribution < 1.29 is 9.36 Å². The van der Waals surface area contributed by atoms with Crippen molar-refractivity contribution in [3.05, 3.63) is 18.7 Å². The molecule has 0 bridgehead atoms. The highest BCUT2D eigenvalue weighted by Gasteiger charge is 2.11. The minimum absolute atomic E-state index is 0.166. The van der Waals surface area contributed by atoms with E-state index in [4.69, 9.17) is 0 Å². The second-order valence-corrected chi connectivity index (χ2v) is 3.92. The molecular formula is C11H20N3O+. The maximum atomic E-state index is 11.7. The Morgan fingerprint density at radius 2 is 2.27 bits per heavy atom. The summed E-state index contributed by atoms with van der Waals surface area (Å²) in [6.45, 7) is 3.41. The van der Waals surface area contributed by atoms with E-state index >= 15 is 0 Å². The first-order valence-electron chi connectivity index (χ1n) is 5.38. The van der Waals surface area contributed by atoms with E-state index in [0.717, 1.165) is 19.4 Å². The molecule has 0 aliphatic heterocycles. The van der Waals surface area contributed by atoms with Crippen molar-refractivity contribution in [3.8, 4) is 0 Å². The van der Waals surface area contributed by atoms with Crippen molar-refractivity contribution in [3.63, 3.8) is 0 Å². The first-order chi connectivity index (χ1) is 7.13. The number of hydrogen-bond donors (Lipinski definition) is 0. The van der Waals surface area contributed by atoms with Gasteiger partial charge in [0, 0.05) is 13.6 Å². The Morgan fingerprint density at radius 3 is 2.80 bits per heavy atom. The molecule has 0 radical (unpaired) electrons. The van der Waals surface area contributed by atoms with E-state index in [0.29, 0.717) is 6.54 Å². The van der Waals surface area contributed by atoms with Crippen molar-refractivity contribution >= 4 is 5.91 Å². The Balaban J connectivity index is 2.41. The molecule has 1 amide bonds. The molecule has 15 heavy (non-hydrogen) atoms. The number of nitrogens with zero attached hydrogens (tertiary/aromatic N) is 3. The fourth-order valence-electron chi connectivity index (χ4n) is 1.39. The Labute approximate surface area is 91.1 Å². The zero-order valence-corrected chi connectivity index (χ0v) is 9.81. The fourth-order valence-corrected chi connectivity index (χ4v) is 1.39. The molecule has 0 aromatic carbocycles. The Bertz CT molecular complexity index is 319. The largest absolute Gasteiger partial charge is 0.342 e. The number of aromatic nitrogens is 2. The third kappa shape index (κ3) is 3.73. The Morgan fingerprint density at radius 1 is 1.53 bits per heavy atom. The van der Waals surface area contributed by atoms with Crippen molar-refractivity contribution in [2.24, 2.45) is 7.05 Å². The van der Waals surface area contributed by atoms with E-state index in [-0.39, 0.29) is 5.91 Å². The second kappa shape index (κ2) is 5.53. The lowest BCUT2D eigenvalue weighted by Crippen LogP contribution is -2.31. The topological polar surface area (TPSA) is 29.1 Å². The molecule has 1 rings (SSSR count). The molecule has 0 unspecified atom stereocenters. The predicted octanol–water partition coefficient (Wildman–Crippen LogP) is 0.571. The van der Waals surface area contributed by atoms with Crippen LogP contribution in [0.25, 0.3) is 0 Å². The molecule has 4 heteroatoms. The number of hydrogen-bond acceptors (Lipinski definition) is 1. The molecule has 1 aromatic heterocycles. The highest BCUT2D eigenvalue weighted by atomic mass is 16.2. The van der Waals surface area contributed by atoms with Gasteiger partial charge in [0.15, 0.2) is 6.54 Å². The van der Waals surface area contributed by atoms with Gasteiger partial charge in [-0.05, 0) is 6.42 Å². The number of unbranched alkanes of at least 4 members (excludes halogenated alkanes) is 1.